The maximum Gasteiger partial charge on any atom is 0.191 e. The van der Waals surface area contributed by atoms with Gasteiger partial charge in [-0.2, -0.15) is 0 Å². The summed E-state index contributed by atoms with van der Waals surface area (Å²) in [6, 6.07) is 14.4. The molecule has 1 saturated carbocycles. The molecule has 4 rings (SSSR count). The van der Waals surface area contributed by atoms with Gasteiger partial charge in [0.25, 0.3) is 0 Å². The van der Waals surface area contributed by atoms with Crippen LogP contribution in [0, 0.1) is 0 Å². The van der Waals surface area contributed by atoms with Crippen LogP contribution in [-0.4, -0.2) is 40.7 Å². The number of fused-ring (bicyclic) bond motifs is 1. The second-order valence-corrected chi connectivity index (χ2v) is 7.76. The highest BCUT2D eigenvalue weighted by Crippen LogP contribution is 2.49. The third kappa shape index (κ3) is 3.83. The van der Waals surface area contributed by atoms with Crippen LogP contribution in [0.4, 0.5) is 0 Å². The van der Waals surface area contributed by atoms with E-state index in [0.29, 0.717) is 0 Å². The topological polar surface area (TPSA) is 66.6 Å². The predicted molar refractivity (Wildman–Crippen MR) is 111 cm³/mol. The predicted octanol–water partition coefficient (Wildman–Crippen LogP) is 2.93. The standard InChI is InChI=1S/C20H23BrN6/c1-22-19(23-12-9-18-26-25-17-8-4-5-13-27(17)18)24-14-20(10-11-20)15-6-2-3-7-16(15)21/h2-8,13H,9-12,14H2,1H3,(H2,22,23,24). The lowest BCUT2D eigenvalue weighted by atomic mass is 9.96. The molecule has 0 amide bonds. The molecule has 2 aromatic heterocycles. The normalized spacial score (nSPS) is 15.7. The molecular formula is C20H23BrN6. The van der Waals surface area contributed by atoms with Gasteiger partial charge < -0.3 is 10.6 Å². The number of nitrogens with one attached hydrogen (secondary N) is 2. The van der Waals surface area contributed by atoms with Gasteiger partial charge in [-0.15, -0.1) is 10.2 Å². The SMILES string of the molecule is CN=C(NCCc1nnc2ccccn12)NCC1(c2ccccc2Br)CC1. The van der Waals surface area contributed by atoms with Gasteiger partial charge in [0.05, 0.1) is 0 Å². The molecule has 1 aliphatic carbocycles. The molecule has 0 unspecified atom stereocenters. The van der Waals surface area contributed by atoms with Crippen molar-refractivity contribution in [2.24, 2.45) is 4.99 Å². The Morgan fingerprint density at radius 1 is 1.15 bits per heavy atom. The first-order chi connectivity index (χ1) is 13.2. The zero-order chi connectivity index (χ0) is 18.7. The molecule has 0 radical (unpaired) electrons. The molecule has 1 aromatic carbocycles. The molecule has 3 aromatic rings. The smallest absolute Gasteiger partial charge is 0.191 e. The fraction of sp³-hybridized carbons (Fsp3) is 0.350. The molecule has 0 saturated heterocycles. The number of pyridine rings is 1. The van der Waals surface area contributed by atoms with Crippen molar-refractivity contribution in [1.29, 1.82) is 0 Å². The summed E-state index contributed by atoms with van der Waals surface area (Å²) in [7, 11) is 1.81. The van der Waals surface area contributed by atoms with Gasteiger partial charge in [0.2, 0.25) is 0 Å². The van der Waals surface area contributed by atoms with E-state index in [1.54, 1.807) is 7.05 Å². The van der Waals surface area contributed by atoms with E-state index in [9.17, 15) is 0 Å². The summed E-state index contributed by atoms with van der Waals surface area (Å²) < 4.78 is 3.20. The minimum atomic E-state index is 0.209. The largest absolute Gasteiger partial charge is 0.356 e. The molecule has 27 heavy (non-hydrogen) atoms. The number of benzene rings is 1. The Morgan fingerprint density at radius 2 is 1.96 bits per heavy atom. The summed E-state index contributed by atoms with van der Waals surface area (Å²) in [5.41, 5.74) is 2.46. The Hall–Kier alpha value is -2.41. The highest BCUT2D eigenvalue weighted by molar-refractivity contribution is 9.10. The van der Waals surface area contributed by atoms with Gasteiger partial charge in [0.15, 0.2) is 11.6 Å². The van der Waals surface area contributed by atoms with E-state index >= 15 is 0 Å². The average molecular weight is 427 g/mol. The summed E-state index contributed by atoms with van der Waals surface area (Å²) in [5, 5.41) is 15.3. The van der Waals surface area contributed by atoms with Crippen molar-refractivity contribution < 1.29 is 0 Å². The lowest BCUT2D eigenvalue weighted by molar-refractivity contribution is 0.641. The molecule has 140 valence electrons. The molecule has 0 bridgehead atoms. The van der Waals surface area contributed by atoms with Gasteiger partial charge in [-0.1, -0.05) is 40.2 Å². The van der Waals surface area contributed by atoms with Crippen molar-refractivity contribution in [1.82, 2.24) is 25.2 Å². The van der Waals surface area contributed by atoms with Gasteiger partial charge >= 0.3 is 0 Å². The van der Waals surface area contributed by atoms with E-state index in [1.807, 2.05) is 28.8 Å². The van der Waals surface area contributed by atoms with Crippen LogP contribution in [0.25, 0.3) is 5.65 Å². The molecule has 1 fully saturated rings. The first-order valence-corrected chi connectivity index (χ1v) is 9.99. The first-order valence-electron chi connectivity index (χ1n) is 9.20. The Balaban J connectivity index is 1.32. The molecule has 0 aliphatic heterocycles. The number of rotatable bonds is 6. The van der Waals surface area contributed by atoms with Gasteiger partial charge in [0, 0.05) is 42.6 Å². The van der Waals surface area contributed by atoms with Crippen molar-refractivity contribution in [3.8, 4) is 0 Å². The number of aliphatic imine (C=N–C) groups is 1. The van der Waals surface area contributed by atoms with E-state index in [2.05, 4.69) is 66.0 Å². The van der Waals surface area contributed by atoms with E-state index in [-0.39, 0.29) is 5.41 Å². The molecule has 6 nitrogen and oxygen atoms in total. The van der Waals surface area contributed by atoms with Crippen molar-refractivity contribution in [3.63, 3.8) is 0 Å². The van der Waals surface area contributed by atoms with Crippen LogP contribution in [0.3, 0.4) is 0 Å². The first kappa shape index (κ1) is 18.0. The Labute approximate surface area is 167 Å². The number of halogens is 1. The van der Waals surface area contributed by atoms with Gasteiger partial charge in [-0.05, 0) is 36.6 Å². The van der Waals surface area contributed by atoms with Gasteiger partial charge in [-0.25, -0.2) is 0 Å². The summed E-state index contributed by atoms with van der Waals surface area (Å²) in [5.74, 6) is 1.77. The number of aromatic nitrogens is 3. The lowest BCUT2D eigenvalue weighted by Crippen LogP contribution is -2.42. The van der Waals surface area contributed by atoms with E-state index in [4.69, 9.17) is 0 Å². The molecule has 0 atom stereocenters. The third-order valence-corrected chi connectivity index (χ3v) is 5.83. The fourth-order valence-corrected chi connectivity index (χ4v) is 4.12. The second kappa shape index (κ2) is 7.68. The Kier molecular flexibility index (Phi) is 5.11. The van der Waals surface area contributed by atoms with Crippen molar-refractivity contribution >= 4 is 27.5 Å². The molecule has 2 N–H and O–H groups in total. The Bertz CT molecular complexity index is 960. The monoisotopic (exact) mass is 426 g/mol. The zero-order valence-corrected chi connectivity index (χ0v) is 16.9. The number of guanidine groups is 1. The second-order valence-electron chi connectivity index (χ2n) is 6.91. The van der Waals surface area contributed by atoms with Crippen LogP contribution in [-0.2, 0) is 11.8 Å². The minimum Gasteiger partial charge on any atom is -0.356 e. The fourth-order valence-electron chi connectivity index (χ4n) is 3.41. The van der Waals surface area contributed by atoms with Crippen LogP contribution >= 0.6 is 15.9 Å². The quantitative estimate of drug-likeness (QED) is 0.469. The summed E-state index contributed by atoms with van der Waals surface area (Å²) in [4.78, 5) is 4.36. The van der Waals surface area contributed by atoms with Crippen LogP contribution in [0.2, 0.25) is 0 Å². The molecule has 1 aliphatic rings. The van der Waals surface area contributed by atoms with E-state index < -0.39 is 0 Å². The average Bonchev–Trinajstić information content (AvgIpc) is 3.38. The van der Waals surface area contributed by atoms with Crippen LogP contribution in [0.15, 0.2) is 58.1 Å². The third-order valence-electron chi connectivity index (χ3n) is 5.14. The number of nitrogens with zero attached hydrogens (tertiary/aromatic N) is 4. The maximum atomic E-state index is 4.36. The van der Waals surface area contributed by atoms with Crippen molar-refractivity contribution in [2.75, 3.05) is 20.1 Å². The summed E-state index contributed by atoms with van der Waals surface area (Å²) in [6.07, 6.45) is 5.17. The van der Waals surface area contributed by atoms with Gasteiger partial charge in [0.1, 0.15) is 5.82 Å². The molecule has 7 heteroatoms. The molecular weight excluding hydrogens is 404 g/mol. The highest BCUT2D eigenvalue weighted by atomic mass is 79.9. The van der Waals surface area contributed by atoms with Crippen LogP contribution < -0.4 is 10.6 Å². The maximum absolute atomic E-state index is 4.36. The summed E-state index contributed by atoms with van der Waals surface area (Å²) in [6.45, 7) is 1.63. The summed E-state index contributed by atoms with van der Waals surface area (Å²) >= 11 is 3.69. The van der Waals surface area contributed by atoms with Crippen molar-refractivity contribution in [2.45, 2.75) is 24.7 Å². The van der Waals surface area contributed by atoms with Crippen LogP contribution in [0.5, 0.6) is 0 Å². The van der Waals surface area contributed by atoms with E-state index in [1.165, 1.54) is 22.9 Å². The molecule has 0 spiro atoms. The minimum absolute atomic E-state index is 0.209. The van der Waals surface area contributed by atoms with Gasteiger partial charge in [-0.3, -0.25) is 9.39 Å². The lowest BCUT2D eigenvalue weighted by Gasteiger charge is -2.20. The zero-order valence-electron chi connectivity index (χ0n) is 15.3. The van der Waals surface area contributed by atoms with Crippen LogP contribution in [0.1, 0.15) is 24.2 Å². The highest BCUT2D eigenvalue weighted by Gasteiger charge is 2.45. The number of hydrogen-bond acceptors (Lipinski definition) is 3. The number of hydrogen-bond donors (Lipinski definition) is 2. The Morgan fingerprint density at radius 3 is 2.74 bits per heavy atom. The van der Waals surface area contributed by atoms with E-state index in [0.717, 1.165) is 36.9 Å². The van der Waals surface area contributed by atoms with Crippen molar-refractivity contribution in [3.05, 3.63) is 64.5 Å². The molecule has 2 heterocycles.